The van der Waals surface area contributed by atoms with Gasteiger partial charge < -0.3 is 9.15 Å². The number of rotatable bonds is 2. The number of carbonyl (C=O) groups is 1. The Morgan fingerprint density at radius 2 is 2.19 bits per heavy atom. The van der Waals surface area contributed by atoms with E-state index in [1.165, 1.54) is 6.07 Å². The zero-order valence-corrected chi connectivity index (χ0v) is 9.08. The molecule has 0 aliphatic heterocycles. The Bertz CT molecular complexity index is 615. The maximum atomic E-state index is 11.3. The van der Waals surface area contributed by atoms with E-state index in [2.05, 4.69) is 4.74 Å². The summed E-state index contributed by atoms with van der Waals surface area (Å²) < 4.78 is 9.63. The van der Waals surface area contributed by atoms with Crippen LogP contribution in [0.3, 0.4) is 0 Å². The number of aryl methyl sites for hydroxylation is 1. The van der Waals surface area contributed by atoms with Crippen LogP contribution in [0.1, 0.15) is 5.56 Å². The smallest absolute Gasteiger partial charge is 0.355 e. The van der Waals surface area contributed by atoms with E-state index < -0.39 is 5.63 Å². The van der Waals surface area contributed by atoms with Gasteiger partial charge in [0, 0.05) is 11.5 Å². The van der Waals surface area contributed by atoms with Gasteiger partial charge in [-0.3, -0.25) is 4.79 Å². The fourth-order valence-corrected chi connectivity index (χ4v) is 1.58. The second kappa shape index (κ2) is 3.98. The van der Waals surface area contributed by atoms with Gasteiger partial charge in [0.15, 0.2) is 0 Å². The van der Waals surface area contributed by atoms with E-state index in [1.54, 1.807) is 19.1 Å². The Morgan fingerprint density at radius 1 is 1.44 bits per heavy atom. The molecule has 0 radical (unpaired) electrons. The third-order valence-corrected chi connectivity index (χ3v) is 2.69. The first-order chi connectivity index (χ1) is 7.63. The Kier molecular flexibility index (Phi) is 2.66. The predicted octanol–water partition coefficient (Wildman–Crippen LogP) is 2.29. The van der Waals surface area contributed by atoms with Crippen LogP contribution in [0.2, 0.25) is 5.02 Å². The van der Waals surface area contributed by atoms with Crippen molar-refractivity contribution >= 4 is 29.0 Å². The van der Waals surface area contributed by atoms with Crippen molar-refractivity contribution in [3.63, 3.8) is 0 Å². The monoisotopic (exact) mass is 238 g/mol. The van der Waals surface area contributed by atoms with Gasteiger partial charge in [-0.1, -0.05) is 11.6 Å². The van der Waals surface area contributed by atoms with Gasteiger partial charge in [-0.25, -0.2) is 4.79 Å². The molecule has 0 unspecified atom stereocenters. The van der Waals surface area contributed by atoms with Crippen LogP contribution in [-0.4, -0.2) is 6.47 Å². The maximum Gasteiger partial charge on any atom is 0.355 e. The van der Waals surface area contributed by atoms with Gasteiger partial charge in [-0.15, -0.1) is 0 Å². The molecule has 1 aromatic carbocycles. The highest BCUT2D eigenvalue weighted by molar-refractivity contribution is 6.31. The fraction of sp³-hybridized carbons (Fsp3) is 0.0909. The summed E-state index contributed by atoms with van der Waals surface area (Å²) in [5.41, 5.74) is 0.381. The van der Waals surface area contributed by atoms with Crippen LogP contribution in [-0.2, 0) is 4.79 Å². The summed E-state index contributed by atoms with van der Waals surface area (Å²) in [7, 11) is 0. The molecule has 0 bridgehead atoms. The van der Waals surface area contributed by atoms with E-state index >= 15 is 0 Å². The Balaban J connectivity index is 2.75. The SMILES string of the molecule is Cc1c(Cl)c(=O)oc2cc(OC=O)ccc12. The lowest BCUT2D eigenvalue weighted by Gasteiger charge is -2.03. The van der Waals surface area contributed by atoms with E-state index in [0.29, 0.717) is 28.8 Å². The van der Waals surface area contributed by atoms with E-state index in [0.717, 1.165) is 0 Å². The van der Waals surface area contributed by atoms with E-state index in [9.17, 15) is 9.59 Å². The maximum absolute atomic E-state index is 11.3. The van der Waals surface area contributed by atoms with Crippen molar-refractivity contribution in [3.8, 4) is 5.75 Å². The number of hydrogen-bond acceptors (Lipinski definition) is 4. The molecule has 2 rings (SSSR count). The van der Waals surface area contributed by atoms with Gasteiger partial charge in [-0.05, 0) is 24.6 Å². The average Bonchev–Trinajstić information content (AvgIpc) is 2.26. The second-order valence-electron chi connectivity index (χ2n) is 3.20. The number of halogens is 1. The fourth-order valence-electron chi connectivity index (χ4n) is 1.44. The first-order valence-corrected chi connectivity index (χ1v) is 4.84. The van der Waals surface area contributed by atoms with Crippen molar-refractivity contribution in [3.05, 3.63) is 39.2 Å². The van der Waals surface area contributed by atoms with Crippen LogP contribution in [0.5, 0.6) is 5.75 Å². The minimum absolute atomic E-state index is 0.0663. The number of hydrogen-bond donors (Lipinski definition) is 0. The molecule has 0 amide bonds. The molecular formula is C11H7ClO4. The molecule has 1 aromatic heterocycles. The highest BCUT2D eigenvalue weighted by atomic mass is 35.5. The summed E-state index contributed by atoms with van der Waals surface area (Å²) in [6.07, 6.45) is 0. The normalized spacial score (nSPS) is 10.4. The molecule has 0 spiro atoms. The van der Waals surface area contributed by atoms with Gasteiger partial charge in [0.1, 0.15) is 16.4 Å². The third-order valence-electron chi connectivity index (χ3n) is 2.25. The number of fused-ring (bicyclic) bond motifs is 1. The second-order valence-corrected chi connectivity index (χ2v) is 3.58. The molecule has 2 aromatic rings. The van der Waals surface area contributed by atoms with Crippen LogP contribution < -0.4 is 10.4 Å². The van der Waals surface area contributed by atoms with E-state index in [-0.39, 0.29) is 5.02 Å². The van der Waals surface area contributed by atoms with Crippen molar-refractivity contribution < 1.29 is 13.9 Å². The van der Waals surface area contributed by atoms with Crippen molar-refractivity contribution in [1.29, 1.82) is 0 Å². The summed E-state index contributed by atoms with van der Waals surface area (Å²) in [6, 6.07) is 4.74. The zero-order chi connectivity index (χ0) is 11.7. The number of carbonyl (C=O) groups excluding carboxylic acids is 1. The summed E-state index contributed by atoms with van der Waals surface area (Å²) in [5, 5.41) is 0.777. The zero-order valence-electron chi connectivity index (χ0n) is 8.32. The predicted molar refractivity (Wildman–Crippen MR) is 58.9 cm³/mol. The lowest BCUT2D eigenvalue weighted by molar-refractivity contribution is -0.120. The molecule has 5 heteroatoms. The number of benzene rings is 1. The van der Waals surface area contributed by atoms with Crippen molar-refractivity contribution in [2.24, 2.45) is 0 Å². The molecule has 0 N–H and O–H groups in total. The molecule has 82 valence electrons. The quantitative estimate of drug-likeness (QED) is 0.595. The van der Waals surface area contributed by atoms with Crippen LogP contribution >= 0.6 is 11.6 Å². The number of ether oxygens (including phenoxy) is 1. The van der Waals surface area contributed by atoms with Crippen molar-refractivity contribution in [2.45, 2.75) is 6.92 Å². The molecule has 0 aliphatic carbocycles. The standard InChI is InChI=1S/C11H7ClO4/c1-6-8-3-2-7(15-5-13)4-9(8)16-11(14)10(6)12/h2-5H,1H3. The van der Waals surface area contributed by atoms with Crippen LogP contribution in [0.25, 0.3) is 11.0 Å². The molecule has 4 nitrogen and oxygen atoms in total. The molecule has 0 saturated carbocycles. The van der Waals surface area contributed by atoms with Gasteiger partial charge in [0.2, 0.25) is 0 Å². The van der Waals surface area contributed by atoms with Crippen LogP contribution in [0.15, 0.2) is 27.4 Å². The summed E-state index contributed by atoms with van der Waals surface area (Å²) >= 11 is 5.76. The average molecular weight is 239 g/mol. The highest BCUT2D eigenvalue weighted by Crippen LogP contribution is 2.25. The molecule has 0 saturated heterocycles. The molecule has 0 aliphatic rings. The molecule has 16 heavy (non-hydrogen) atoms. The topological polar surface area (TPSA) is 56.5 Å². The summed E-state index contributed by atoms with van der Waals surface area (Å²) in [4.78, 5) is 21.5. The summed E-state index contributed by atoms with van der Waals surface area (Å²) in [5.74, 6) is 0.312. The lowest BCUT2D eigenvalue weighted by Crippen LogP contribution is -2.01. The van der Waals surface area contributed by atoms with Gasteiger partial charge in [0.05, 0.1) is 0 Å². The van der Waals surface area contributed by atoms with Crippen LogP contribution in [0, 0.1) is 6.92 Å². The Hall–Kier alpha value is -1.81. The van der Waals surface area contributed by atoms with Gasteiger partial charge >= 0.3 is 5.63 Å². The van der Waals surface area contributed by atoms with Gasteiger partial charge in [-0.2, -0.15) is 0 Å². The van der Waals surface area contributed by atoms with E-state index in [1.807, 2.05) is 0 Å². The van der Waals surface area contributed by atoms with Crippen molar-refractivity contribution in [1.82, 2.24) is 0 Å². The Morgan fingerprint density at radius 3 is 2.88 bits per heavy atom. The highest BCUT2D eigenvalue weighted by Gasteiger charge is 2.09. The van der Waals surface area contributed by atoms with Gasteiger partial charge in [0.25, 0.3) is 6.47 Å². The minimum Gasteiger partial charge on any atom is -0.429 e. The van der Waals surface area contributed by atoms with E-state index in [4.69, 9.17) is 16.0 Å². The molecule has 1 heterocycles. The first kappa shape index (κ1) is 10.7. The molecule has 0 fully saturated rings. The molecule has 0 atom stereocenters. The largest absolute Gasteiger partial charge is 0.429 e. The van der Waals surface area contributed by atoms with Crippen molar-refractivity contribution in [2.75, 3.05) is 0 Å². The van der Waals surface area contributed by atoms with Crippen LogP contribution in [0.4, 0.5) is 0 Å². The minimum atomic E-state index is -0.602. The lowest BCUT2D eigenvalue weighted by atomic mass is 10.1. The summed E-state index contributed by atoms with van der Waals surface area (Å²) in [6.45, 7) is 2.03. The third kappa shape index (κ3) is 1.67. The first-order valence-electron chi connectivity index (χ1n) is 4.46. The Labute approximate surface area is 95.4 Å². The molecular weight excluding hydrogens is 232 g/mol.